The summed E-state index contributed by atoms with van der Waals surface area (Å²) in [5.41, 5.74) is -1.10. The highest BCUT2D eigenvalue weighted by Crippen LogP contribution is 2.48. The van der Waals surface area contributed by atoms with E-state index in [1.165, 1.54) is 27.4 Å². The molecule has 0 unspecified atom stereocenters. The summed E-state index contributed by atoms with van der Waals surface area (Å²) in [6.45, 7) is 1.69. The summed E-state index contributed by atoms with van der Waals surface area (Å²) in [6, 6.07) is 0. The Morgan fingerprint density at radius 2 is 1.91 bits per heavy atom. The second-order valence-electron chi connectivity index (χ2n) is 5.69. The van der Waals surface area contributed by atoms with Crippen LogP contribution in [-0.2, 0) is 28.6 Å². The highest BCUT2D eigenvalue weighted by atomic mass is 16.5. The quantitative estimate of drug-likeness (QED) is 0.571. The third-order valence-electron chi connectivity index (χ3n) is 4.60. The number of rotatable bonds is 4. The van der Waals surface area contributed by atoms with Crippen LogP contribution in [0.25, 0.3) is 0 Å². The van der Waals surface area contributed by atoms with Crippen LogP contribution < -0.4 is 0 Å². The first-order valence-electron chi connectivity index (χ1n) is 7.02. The van der Waals surface area contributed by atoms with Crippen molar-refractivity contribution < 1.29 is 28.6 Å². The van der Waals surface area contributed by atoms with Crippen molar-refractivity contribution in [2.24, 2.45) is 17.3 Å². The predicted octanol–water partition coefficient (Wildman–Crippen LogP) is 1.06. The number of Topliss-reactive ketones (excluding diaryl/α,β-unsaturated/α-hetero) is 1. The number of hydrogen-bond acceptors (Lipinski definition) is 6. The second kappa shape index (κ2) is 6.04. The predicted molar refractivity (Wildman–Crippen MR) is 76.8 cm³/mol. The van der Waals surface area contributed by atoms with Crippen molar-refractivity contribution in [1.82, 2.24) is 0 Å². The Kier molecular flexibility index (Phi) is 4.51. The zero-order valence-electron chi connectivity index (χ0n) is 13.1. The van der Waals surface area contributed by atoms with E-state index in [0.717, 1.165) is 0 Å². The molecule has 4 atom stereocenters. The smallest absolute Gasteiger partial charge is 0.306 e. The van der Waals surface area contributed by atoms with E-state index in [-0.39, 0.29) is 23.7 Å². The number of carbonyl (C=O) groups excluding carboxylic acids is 3. The van der Waals surface area contributed by atoms with Crippen LogP contribution in [0.4, 0.5) is 0 Å². The van der Waals surface area contributed by atoms with Crippen LogP contribution in [0.2, 0.25) is 0 Å². The standard InChI is InChI=1S/C16H20O6/c1-16-12(21-3)6-5-9(7-13(18)22-4)14(16)10(17)8-11(20-2)15(16)19/h5-6,8-9,12,14H,7H2,1-4H3/t9-,12-,14-,16-/m1/s1. The van der Waals surface area contributed by atoms with E-state index in [4.69, 9.17) is 9.47 Å². The Morgan fingerprint density at radius 3 is 2.45 bits per heavy atom. The second-order valence-corrected chi connectivity index (χ2v) is 5.69. The number of carbonyl (C=O) groups is 3. The van der Waals surface area contributed by atoms with Crippen LogP contribution >= 0.6 is 0 Å². The van der Waals surface area contributed by atoms with Crippen LogP contribution in [0.15, 0.2) is 24.0 Å². The molecule has 0 aromatic heterocycles. The van der Waals surface area contributed by atoms with E-state index >= 15 is 0 Å². The first-order chi connectivity index (χ1) is 10.4. The molecule has 0 bridgehead atoms. The van der Waals surface area contributed by atoms with Gasteiger partial charge in [0.1, 0.15) is 0 Å². The Bertz CT molecular complexity index is 561. The van der Waals surface area contributed by atoms with Crippen LogP contribution in [-0.4, -0.2) is 45.0 Å². The van der Waals surface area contributed by atoms with Crippen LogP contribution in [0, 0.1) is 17.3 Å². The summed E-state index contributed by atoms with van der Waals surface area (Å²) in [7, 11) is 4.14. The maximum absolute atomic E-state index is 12.8. The molecular weight excluding hydrogens is 288 g/mol. The summed E-state index contributed by atoms with van der Waals surface area (Å²) < 4.78 is 15.1. The van der Waals surface area contributed by atoms with Gasteiger partial charge in [-0.3, -0.25) is 14.4 Å². The fourth-order valence-electron chi connectivity index (χ4n) is 3.44. The summed E-state index contributed by atoms with van der Waals surface area (Å²) in [6.07, 6.45) is 4.19. The summed E-state index contributed by atoms with van der Waals surface area (Å²) in [5, 5.41) is 0. The summed E-state index contributed by atoms with van der Waals surface area (Å²) in [5.74, 6) is -2.00. The van der Waals surface area contributed by atoms with Gasteiger partial charge in [-0.1, -0.05) is 12.2 Å². The lowest BCUT2D eigenvalue weighted by molar-refractivity contribution is -0.153. The minimum absolute atomic E-state index is 0.0259. The number of hydrogen-bond donors (Lipinski definition) is 0. The molecule has 6 heteroatoms. The average molecular weight is 308 g/mol. The minimum atomic E-state index is -1.10. The van der Waals surface area contributed by atoms with Gasteiger partial charge in [-0.25, -0.2) is 0 Å². The van der Waals surface area contributed by atoms with Gasteiger partial charge in [-0.05, 0) is 12.8 Å². The fourth-order valence-corrected chi connectivity index (χ4v) is 3.44. The van der Waals surface area contributed by atoms with Gasteiger partial charge in [0.25, 0.3) is 0 Å². The first kappa shape index (κ1) is 16.4. The van der Waals surface area contributed by atoms with Crippen molar-refractivity contribution >= 4 is 17.5 Å². The molecule has 0 aliphatic heterocycles. The average Bonchev–Trinajstić information content (AvgIpc) is 2.50. The molecule has 0 saturated carbocycles. The number of esters is 1. The van der Waals surface area contributed by atoms with Crippen molar-refractivity contribution in [3.8, 4) is 0 Å². The third-order valence-corrected chi connectivity index (χ3v) is 4.60. The van der Waals surface area contributed by atoms with Crippen molar-refractivity contribution in [2.45, 2.75) is 19.4 Å². The molecule has 2 aliphatic carbocycles. The van der Waals surface area contributed by atoms with E-state index in [9.17, 15) is 14.4 Å². The van der Waals surface area contributed by atoms with Crippen molar-refractivity contribution in [3.63, 3.8) is 0 Å². The maximum atomic E-state index is 12.8. The molecule has 0 fully saturated rings. The Labute approximate surface area is 129 Å². The lowest BCUT2D eigenvalue weighted by atomic mass is 9.57. The van der Waals surface area contributed by atoms with Gasteiger partial charge in [0.2, 0.25) is 5.78 Å². The van der Waals surface area contributed by atoms with Crippen molar-refractivity contribution in [3.05, 3.63) is 24.0 Å². The molecule has 0 heterocycles. The molecule has 22 heavy (non-hydrogen) atoms. The molecular formula is C16H20O6. The van der Waals surface area contributed by atoms with Gasteiger partial charge in [0.05, 0.1) is 32.2 Å². The van der Waals surface area contributed by atoms with Crippen LogP contribution in [0.5, 0.6) is 0 Å². The molecule has 0 radical (unpaired) electrons. The molecule has 0 saturated heterocycles. The molecule has 2 aliphatic rings. The van der Waals surface area contributed by atoms with Gasteiger partial charge < -0.3 is 14.2 Å². The molecule has 0 aromatic carbocycles. The van der Waals surface area contributed by atoms with Crippen LogP contribution in [0.1, 0.15) is 13.3 Å². The number of ketones is 2. The van der Waals surface area contributed by atoms with Gasteiger partial charge >= 0.3 is 5.97 Å². The highest BCUT2D eigenvalue weighted by Gasteiger charge is 2.57. The zero-order chi connectivity index (χ0) is 16.5. The van der Waals surface area contributed by atoms with E-state index in [0.29, 0.717) is 0 Å². The highest BCUT2D eigenvalue weighted by molar-refractivity contribution is 6.12. The van der Waals surface area contributed by atoms with Gasteiger partial charge in [0, 0.05) is 19.1 Å². The van der Waals surface area contributed by atoms with E-state index in [2.05, 4.69) is 4.74 Å². The summed E-state index contributed by atoms with van der Waals surface area (Å²) >= 11 is 0. The molecule has 120 valence electrons. The molecule has 6 nitrogen and oxygen atoms in total. The fraction of sp³-hybridized carbons (Fsp3) is 0.562. The van der Waals surface area contributed by atoms with E-state index in [1.807, 2.05) is 0 Å². The molecule has 2 rings (SSSR count). The Balaban J connectivity index is 2.50. The van der Waals surface area contributed by atoms with Gasteiger partial charge in [-0.15, -0.1) is 0 Å². The number of methoxy groups -OCH3 is 3. The van der Waals surface area contributed by atoms with Gasteiger partial charge in [0.15, 0.2) is 11.5 Å². The Hall–Kier alpha value is -1.95. The monoisotopic (exact) mass is 308 g/mol. The van der Waals surface area contributed by atoms with Crippen molar-refractivity contribution in [2.75, 3.05) is 21.3 Å². The van der Waals surface area contributed by atoms with Crippen LogP contribution in [0.3, 0.4) is 0 Å². The third kappa shape index (κ3) is 2.37. The van der Waals surface area contributed by atoms with E-state index < -0.39 is 29.3 Å². The zero-order valence-corrected chi connectivity index (χ0v) is 13.1. The lowest BCUT2D eigenvalue weighted by Crippen LogP contribution is -2.56. The minimum Gasteiger partial charge on any atom is -0.493 e. The van der Waals surface area contributed by atoms with Gasteiger partial charge in [-0.2, -0.15) is 0 Å². The number of allylic oxidation sites excluding steroid dienone is 3. The molecule has 0 spiro atoms. The normalized spacial score (nSPS) is 34.0. The first-order valence-corrected chi connectivity index (χ1v) is 7.02. The molecule has 0 N–H and O–H groups in total. The lowest BCUT2D eigenvalue weighted by Gasteiger charge is -2.46. The molecule has 0 aromatic rings. The summed E-state index contributed by atoms with van der Waals surface area (Å²) in [4.78, 5) is 36.9. The Morgan fingerprint density at radius 1 is 1.23 bits per heavy atom. The molecule has 0 amide bonds. The van der Waals surface area contributed by atoms with E-state index in [1.54, 1.807) is 19.1 Å². The number of ether oxygens (including phenoxy) is 3. The number of fused-ring (bicyclic) bond motifs is 1. The largest absolute Gasteiger partial charge is 0.493 e. The maximum Gasteiger partial charge on any atom is 0.306 e. The SMILES string of the molecule is COC(=O)C[C@H]1C=C[C@@H](OC)[C@@]2(C)C(=O)C(OC)=CC(=O)[C@@H]12. The van der Waals surface area contributed by atoms with Crippen molar-refractivity contribution in [1.29, 1.82) is 0 Å². The topological polar surface area (TPSA) is 78.9 Å².